The Balaban J connectivity index is 2.16. The Bertz CT molecular complexity index is 875. The summed E-state index contributed by atoms with van der Waals surface area (Å²) < 4.78 is 15.0. The Hall–Kier alpha value is -3.51. The molecule has 0 saturated heterocycles. The molecule has 1 aromatic rings. The van der Waals surface area contributed by atoms with Gasteiger partial charge in [0.05, 0.1) is 6.10 Å². The van der Waals surface area contributed by atoms with Crippen LogP contribution < -0.4 is 15.4 Å². The number of ether oxygens (including phenoxy) is 3. The number of rotatable bonds is 15. The summed E-state index contributed by atoms with van der Waals surface area (Å²) in [5, 5.41) is 23.6. The molecule has 0 spiro atoms. The Morgan fingerprint density at radius 2 is 1.40 bits per heavy atom. The second-order valence-electron chi connectivity index (χ2n) is 8.07. The predicted molar refractivity (Wildman–Crippen MR) is 121 cm³/mol. The van der Waals surface area contributed by atoms with Crippen LogP contribution in [0.15, 0.2) is 24.3 Å². The van der Waals surface area contributed by atoms with Crippen LogP contribution >= 0.6 is 0 Å². The fraction of sp³-hybridized carbons (Fsp3) is 0.522. The Kier molecular flexibility index (Phi) is 12.4. The molecule has 0 aliphatic heterocycles. The van der Waals surface area contributed by atoms with Crippen molar-refractivity contribution >= 4 is 29.5 Å². The fourth-order valence-corrected chi connectivity index (χ4v) is 2.48. The normalized spacial score (nSPS) is 11.7. The maximum absolute atomic E-state index is 12.0. The lowest BCUT2D eigenvalue weighted by Crippen LogP contribution is -2.36. The van der Waals surface area contributed by atoms with Crippen molar-refractivity contribution < 1.29 is 48.4 Å². The number of amides is 2. The molecule has 35 heavy (non-hydrogen) atoms. The third-order valence-corrected chi connectivity index (χ3v) is 4.15. The van der Waals surface area contributed by atoms with Gasteiger partial charge < -0.3 is 35.1 Å². The molecule has 194 valence electrons. The third kappa shape index (κ3) is 13.1. The van der Waals surface area contributed by atoms with E-state index in [2.05, 4.69) is 15.4 Å². The van der Waals surface area contributed by atoms with Crippen LogP contribution in [0, 0.1) is 0 Å². The number of aliphatic hydroxyl groups excluding tert-OH is 1. The zero-order chi connectivity index (χ0) is 26.4. The first-order valence-electron chi connectivity index (χ1n) is 10.9. The van der Waals surface area contributed by atoms with E-state index >= 15 is 0 Å². The van der Waals surface area contributed by atoms with E-state index in [0.717, 1.165) is 0 Å². The van der Waals surface area contributed by atoms with Crippen molar-refractivity contribution in [1.82, 2.24) is 10.6 Å². The maximum atomic E-state index is 12.0. The standard InChI is InChI=1S/C23H32N2O10/c1-15(26)14-35-21(30)13-19(28)25-9-8-24-18(27)12-20(29)34-11-10-33-17-6-4-16(5-7-17)22(31)23(2,3)32/h4-7,15,26,32H,8-14H2,1-3H3,(H,24,27)(H,25,28). The van der Waals surface area contributed by atoms with Crippen LogP contribution in [0.2, 0.25) is 0 Å². The van der Waals surface area contributed by atoms with Crippen LogP contribution in [0.1, 0.15) is 44.0 Å². The van der Waals surface area contributed by atoms with Crippen molar-refractivity contribution in [2.45, 2.75) is 45.3 Å². The van der Waals surface area contributed by atoms with Gasteiger partial charge in [-0.05, 0) is 45.0 Å². The molecule has 0 bridgehead atoms. The molecule has 2 amide bonds. The van der Waals surface area contributed by atoms with Gasteiger partial charge in [0, 0.05) is 18.7 Å². The highest BCUT2D eigenvalue weighted by Gasteiger charge is 2.25. The molecule has 0 aliphatic rings. The number of benzene rings is 1. The van der Waals surface area contributed by atoms with Gasteiger partial charge >= 0.3 is 11.9 Å². The maximum Gasteiger partial charge on any atom is 0.315 e. The van der Waals surface area contributed by atoms with Gasteiger partial charge in [0.25, 0.3) is 0 Å². The zero-order valence-corrected chi connectivity index (χ0v) is 20.0. The summed E-state index contributed by atoms with van der Waals surface area (Å²) in [7, 11) is 0. The number of carbonyl (C=O) groups is 5. The lowest BCUT2D eigenvalue weighted by Gasteiger charge is -2.15. The van der Waals surface area contributed by atoms with Crippen molar-refractivity contribution in [1.29, 1.82) is 0 Å². The van der Waals surface area contributed by atoms with Crippen LogP contribution in [0.4, 0.5) is 0 Å². The molecule has 0 aliphatic carbocycles. The van der Waals surface area contributed by atoms with E-state index in [0.29, 0.717) is 11.3 Å². The number of hydrogen-bond donors (Lipinski definition) is 4. The van der Waals surface area contributed by atoms with Gasteiger partial charge in [-0.1, -0.05) is 0 Å². The molecule has 12 heteroatoms. The molecule has 4 N–H and O–H groups in total. The summed E-state index contributed by atoms with van der Waals surface area (Å²) in [6.07, 6.45) is -1.86. The van der Waals surface area contributed by atoms with Gasteiger partial charge in [-0.3, -0.25) is 24.0 Å². The van der Waals surface area contributed by atoms with Crippen molar-refractivity contribution in [3.63, 3.8) is 0 Å². The second kappa shape index (κ2) is 14.7. The van der Waals surface area contributed by atoms with Gasteiger partial charge in [0.15, 0.2) is 5.78 Å². The van der Waals surface area contributed by atoms with Crippen molar-refractivity contribution in [2.75, 3.05) is 32.9 Å². The Morgan fingerprint density at radius 3 is 1.89 bits per heavy atom. The van der Waals surface area contributed by atoms with Crippen LogP contribution in [-0.4, -0.2) is 84.4 Å². The van der Waals surface area contributed by atoms with E-state index < -0.39 is 54.1 Å². The number of hydrogen-bond acceptors (Lipinski definition) is 10. The van der Waals surface area contributed by atoms with E-state index in [1.54, 1.807) is 12.1 Å². The first-order valence-corrected chi connectivity index (χ1v) is 10.9. The SMILES string of the molecule is CC(O)COC(=O)CC(=O)NCCNC(=O)CC(=O)OCCOc1ccc(C(=O)C(C)(C)O)cc1. The summed E-state index contributed by atoms with van der Waals surface area (Å²) in [5.74, 6) is -2.74. The van der Waals surface area contributed by atoms with E-state index in [9.17, 15) is 29.1 Å². The highest BCUT2D eigenvalue weighted by Crippen LogP contribution is 2.17. The summed E-state index contributed by atoms with van der Waals surface area (Å²) in [4.78, 5) is 58.3. The molecule has 12 nitrogen and oxygen atoms in total. The quantitative estimate of drug-likeness (QED) is 0.107. The molecular formula is C23H32N2O10. The van der Waals surface area contributed by atoms with E-state index in [-0.39, 0.29) is 32.9 Å². The molecule has 1 rings (SSSR count). The largest absolute Gasteiger partial charge is 0.490 e. The minimum Gasteiger partial charge on any atom is -0.490 e. The van der Waals surface area contributed by atoms with E-state index in [1.807, 2.05) is 0 Å². The molecular weight excluding hydrogens is 464 g/mol. The molecule has 0 saturated carbocycles. The molecule has 0 aromatic heterocycles. The van der Waals surface area contributed by atoms with Gasteiger partial charge in [-0.15, -0.1) is 0 Å². The molecule has 0 heterocycles. The van der Waals surface area contributed by atoms with Crippen LogP contribution in [0.5, 0.6) is 5.75 Å². The van der Waals surface area contributed by atoms with E-state index in [1.165, 1.54) is 32.9 Å². The Labute approximate surface area is 202 Å². The number of nitrogens with one attached hydrogen (secondary N) is 2. The molecule has 1 unspecified atom stereocenters. The number of aliphatic hydroxyl groups is 2. The first-order chi connectivity index (χ1) is 16.4. The first kappa shape index (κ1) is 29.5. The number of Topliss-reactive ketones (excluding diaryl/α,β-unsaturated/α-hetero) is 1. The summed E-state index contributed by atoms with van der Waals surface area (Å²) in [6.45, 7) is 4.03. The number of ketones is 1. The fourth-order valence-electron chi connectivity index (χ4n) is 2.48. The summed E-state index contributed by atoms with van der Waals surface area (Å²) >= 11 is 0. The molecule has 1 aromatic carbocycles. The van der Waals surface area contributed by atoms with Gasteiger partial charge in [-0.2, -0.15) is 0 Å². The molecule has 0 fully saturated rings. The van der Waals surface area contributed by atoms with Crippen LogP contribution in [-0.2, 0) is 28.7 Å². The molecule has 0 radical (unpaired) electrons. The minimum atomic E-state index is -1.48. The van der Waals surface area contributed by atoms with E-state index in [4.69, 9.17) is 14.6 Å². The lowest BCUT2D eigenvalue weighted by molar-refractivity contribution is -0.149. The smallest absolute Gasteiger partial charge is 0.315 e. The van der Waals surface area contributed by atoms with Crippen molar-refractivity contribution in [3.8, 4) is 5.75 Å². The van der Waals surface area contributed by atoms with Crippen molar-refractivity contribution in [2.24, 2.45) is 0 Å². The Morgan fingerprint density at radius 1 is 0.886 bits per heavy atom. The summed E-state index contributed by atoms with van der Waals surface area (Å²) in [6, 6.07) is 6.12. The summed E-state index contributed by atoms with van der Waals surface area (Å²) in [5.41, 5.74) is -1.15. The van der Waals surface area contributed by atoms with Crippen LogP contribution in [0.25, 0.3) is 0 Å². The highest BCUT2D eigenvalue weighted by molar-refractivity contribution is 6.01. The number of carbonyl (C=O) groups excluding carboxylic acids is 5. The van der Waals surface area contributed by atoms with Gasteiger partial charge in [-0.25, -0.2) is 0 Å². The average Bonchev–Trinajstić information content (AvgIpc) is 2.77. The predicted octanol–water partition coefficient (Wildman–Crippen LogP) is -0.501. The monoisotopic (exact) mass is 496 g/mol. The second-order valence-corrected chi connectivity index (χ2v) is 8.07. The average molecular weight is 497 g/mol. The minimum absolute atomic E-state index is 0.0256. The molecule has 1 atom stereocenters. The van der Waals surface area contributed by atoms with Crippen molar-refractivity contribution in [3.05, 3.63) is 29.8 Å². The van der Waals surface area contributed by atoms with Crippen LogP contribution in [0.3, 0.4) is 0 Å². The highest BCUT2D eigenvalue weighted by atomic mass is 16.6. The topological polar surface area (TPSA) is 178 Å². The third-order valence-electron chi connectivity index (χ3n) is 4.15. The lowest BCUT2D eigenvalue weighted by atomic mass is 9.97. The zero-order valence-electron chi connectivity index (χ0n) is 20.0. The number of esters is 2. The van der Waals surface area contributed by atoms with Gasteiger partial charge in [0.2, 0.25) is 11.8 Å². The van der Waals surface area contributed by atoms with Gasteiger partial charge in [0.1, 0.15) is 44.0 Å².